The fraction of sp³-hybridized carbons (Fsp3) is 0.909. The van der Waals surface area contributed by atoms with Crippen molar-refractivity contribution < 1.29 is 14.6 Å². The predicted octanol–water partition coefficient (Wildman–Crippen LogP) is 0.0360. The third-order valence-corrected chi connectivity index (χ3v) is 2.35. The lowest BCUT2D eigenvalue weighted by Crippen LogP contribution is -2.56. The summed E-state index contributed by atoms with van der Waals surface area (Å²) < 4.78 is 5.32. The second-order valence-electron chi connectivity index (χ2n) is 5.03. The standard InChI is InChI=1S/C11H23N3O3/c1-11(2,3)17-10(16)14(8-9-15)13-6-4-12-5-7-13/h12,15H,4-9H2,1-3H3. The van der Waals surface area contributed by atoms with E-state index in [0.717, 1.165) is 26.2 Å². The van der Waals surface area contributed by atoms with Gasteiger partial charge in [0, 0.05) is 26.2 Å². The van der Waals surface area contributed by atoms with Gasteiger partial charge in [0.15, 0.2) is 0 Å². The van der Waals surface area contributed by atoms with Crippen LogP contribution in [0.1, 0.15) is 20.8 Å². The molecule has 6 nitrogen and oxygen atoms in total. The van der Waals surface area contributed by atoms with Gasteiger partial charge in [0.25, 0.3) is 0 Å². The summed E-state index contributed by atoms with van der Waals surface area (Å²) in [7, 11) is 0. The minimum absolute atomic E-state index is 0.0663. The summed E-state index contributed by atoms with van der Waals surface area (Å²) in [6.45, 7) is 8.88. The third-order valence-electron chi connectivity index (χ3n) is 2.35. The van der Waals surface area contributed by atoms with Crippen molar-refractivity contribution in [2.24, 2.45) is 0 Å². The van der Waals surface area contributed by atoms with Gasteiger partial charge >= 0.3 is 6.09 Å². The Bertz CT molecular complexity index is 247. The van der Waals surface area contributed by atoms with Crippen LogP contribution in [0.5, 0.6) is 0 Å². The molecule has 0 unspecified atom stereocenters. The van der Waals surface area contributed by atoms with Gasteiger partial charge in [-0.2, -0.15) is 0 Å². The Balaban J connectivity index is 2.60. The van der Waals surface area contributed by atoms with E-state index in [4.69, 9.17) is 9.84 Å². The summed E-state index contributed by atoms with van der Waals surface area (Å²) >= 11 is 0. The van der Waals surface area contributed by atoms with E-state index in [1.165, 1.54) is 5.01 Å². The molecule has 1 aliphatic heterocycles. The molecule has 1 aliphatic rings. The molecule has 0 spiro atoms. The predicted molar refractivity (Wildman–Crippen MR) is 64.5 cm³/mol. The highest BCUT2D eigenvalue weighted by Crippen LogP contribution is 2.11. The number of rotatable bonds is 3. The van der Waals surface area contributed by atoms with Crippen molar-refractivity contribution in [3.63, 3.8) is 0 Å². The van der Waals surface area contributed by atoms with Gasteiger partial charge in [0.05, 0.1) is 13.2 Å². The summed E-state index contributed by atoms with van der Waals surface area (Å²) in [6, 6.07) is 0. The van der Waals surface area contributed by atoms with E-state index in [0.29, 0.717) is 0 Å². The van der Waals surface area contributed by atoms with Crippen molar-refractivity contribution >= 4 is 6.09 Å². The molecule has 0 aliphatic carbocycles. The number of aliphatic hydroxyl groups excluding tert-OH is 1. The highest BCUT2D eigenvalue weighted by atomic mass is 16.6. The Hall–Kier alpha value is -0.850. The van der Waals surface area contributed by atoms with E-state index in [2.05, 4.69) is 5.32 Å². The Morgan fingerprint density at radius 1 is 1.41 bits per heavy atom. The fourth-order valence-corrected chi connectivity index (χ4v) is 1.65. The average Bonchev–Trinajstić information content (AvgIpc) is 2.24. The zero-order chi connectivity index (χ0) is 12.9. The van der Waals surface area contributed by atoms with Crippen LogP contribution in [0.3, 0.4) is 0 Å². The lowest BCUT2D eigenvalue weighted by Gasteiger charge is -2.37. The summed E-state index contributed by atoms with van der Waals surface area (Å²) in [4.78, 5) is 12.0. The molecule has 0 saturated carbocycles. The van der Waals surface area contributed by atoms with Crippen LogP contribution in [0.4, 0.5) is 4.79 Å². The first-order valence-electron chi connectivity index (χ1n) is 6.01. The average molecular weight is 245 g/mol. The first kappa shape index (κ1) is 14.2. The van der Waals surface area contributed by atoms with Gasteiger partial charge in [0.2, 0.25) is 0 Å². The molecule has 6 heteroatoms. The van der Waals surface area contributed by atoms with Crippen molar-refractivity contribution in [2.75, 3.05) is 39.3 Å². The maximum atomic E-state index is 12.0. The van der Waals surface area contributed by atoms with Crippen molar-refractivity contribution in [1.29, 1.82) is 0 Å². The van der Waals surface area contributed by atoms with Crippen molar-refractivity contribution in [3.8, 4) is 0 Å². The van der Waals surface area contributed by atoms with Gasteiger partial charge in [-0.05, 0) is 20.8 Å². The summed E-state index contributed by atoms with van der Waals surface area (Å²) in [5.41, 5.74) is -0.515. The summed E-state index contributed by atoms with van der Waals surface area (Å²) in [5.74, 6) is 0. The molecule has 100 valence electrons. The number of hydrazine groups is 1. The number of carbonyl (C=O) groups excluding carboxylic acids is 1. The molecule has 1 rings (SSSR count). The van der Waals surface area contributed by atoms with Crippen LogP contribution >= 0.6 is 0 Å². The highest BCUT2D eigenvalue weighted by molar-refractivity contribution is 5.67. The number of nitrogens with zero attached hydrogens (tertiary/aromatic N) is 2. The first-order chi connectivity index (χ1) is 7.94. The van der Waals surface area contributed by atoms with E-state index in [1.54, 1.807) is 0 Å². The maximum absolute atomic E-state index is 12.0. The molecule has 17 heavy (non-hydrogen) atoms. The lowest BCUT2D eigenvalue weighted by molar-refractivity contribution is -0.0610. The zero-order valence-corrected chi connectivity index (χ0v) is 10.9. The van der Waals surface area contributed by atoms with Crippen LogP contribution in [-0.2, 0) is 4.74 Å². The molecule has 0 aromatic heterocycles. The van der Waals surface area contributed by atoms with Gasteiger partial charge in [-0.1, -0.05) is 0 Å². The molecule has 1 saturated heterocycles. The number of hydrogen-bond acceptors (Lipinski definition) is 5. The molecule has 0 aromatic carbocycles. The fourth-order valence-electron chi connectivity index (χ4n) is 1.65. The Morgan fingerprint density at radius 2 is 2.00 bits per heavy atom. The van der Waals surface area contributed by atoms with E-state index in [9.17, 15) is 4.79 Å². The van der Waals surface area contributed by atoms with E-state index in [-0.39, 0.29) is 13.2 Å². The number of amides is 1. The van der Waals surface area contributed by atoms with Crippen LogP contribution in [0, 0.1) is 0 Å². The number of piperazine rings is 1. The molecule has 1 heterocycles. The van der Waals surface area contributed by atoms with E-state index in [1.807, 2.05) is 25.8 Å². The zero-order valence-electron chi connectivity index (χ0n) is 10.9. The Morgan fingerprint density at radius 3 is 2.47 bits per heavy atom. The number of carbonyl (C=O) groups is 1. The Labute approximate surface area is 102 Å². The van der Waals surface area contributed by atoms with Crippen LogP contribution in [0.2, 0.25) is 0 Å². The van der Waals surface area contributed by atoms with Gasteiger partial charge < -0.3 is 15.2 Å². The van der Waals surface area contributed by atoms with Crippen LogP contribution in [0.25, 0.3) is 0 Å². The van der Waals surface area contributed by atoms with Gasteiger partial charge in [-0.15, -0.1) is 0 Å². The minimum Gasteiger partial charge on any atom is -0.443 e. The van der Waals surface area contributed by atoms with Gasteiger partial charge in [-0.3, -0.25) is 0 Å². The second kappa shape index (κ2) is 6.18. The van der Waals surface area contributed by atoms with Crippen molar-refractivity contribution in [1.82, 2.24) is 15.3 Å². The minimum atomic E-state index is -0.515. The van der Waals surface area contributed by atoms with Gasteiger partial charge in [-0.25, -0.2) is 14.8 Å². The molecular weight excluding hydrogens is 222 g/mol. The molecule has 0 aromatic rings. The normalized spacial score (nSPS) is 17.9. The summed E-state index contributed by atoms with van der Waals surface area (Å²) in [5, 5.41) is 15.6. The van der Waals surface area contributed by atoms with Crippen LogP contribution in [-0.4, -0.2) is 66.1 Å². The van der Waals surface area contributed by atoms with Gasteiger partial charge in [0.1, 0.15) is 5.60 Å². The maximum Gasteiger partial charge on any atom is 0.425 e. The molecule has 0 bridgehead atoms. The lowest BCUT2D eigenvalue weighted by atomic mass is 10.2. The first-order valence-corrected chi connectivity index (χ1v) is 6.01. The highest BCUT2D eigenvalue weighted by Gasteiger charge is 2.27. The number of hydrogen-bond donors (Lipinski definition) is 2. The summed E-state index contributed by atoms with van der Waals surface area (Å²) in [6.07, 6.45) is -0.395. The van der Waals surface area contributed by atoms with E-state index >= 15 is 0 Å². The molecule has 2 N–H and O–H groups in total. The van der Waals surface area contributed by atoms with E-state index < -0.39 is 11.7 Å². The SMILES string of the molecule is CC(C)(C)OC(=O)N(CCO)N1CCNCC1. The molecule has 1 fully saturated rings. The number of nitrogens with one attached hydrogen (secondary N) is 1. The Kier molecular flexibility index (Phi) is 5.17. The van der Waals surface area contributed by atoms with Crippen LogP contribution in [0.15, 0.2) is 0 Å². The smallest absolute Gasteiger partial charge is 0.425 e. The topological polar surface area (TPSA) is 65.0 Å². The molecule has 0 radical (unpaired) electrons. The quantitative estimate of drug-likeness (QED) is 0.735. The van der Waals surface area contributed by atoms with Crippen LogP contribution < -0.4 is 5.32 Å². The molecule has 1 amide bonds. The van der Waals surface area contributed by atoms with Crippen molar-refractivity contribution in [2.45, 2.75) is 26.4 Å². The second-order valence-corrected chi connectivity index (χ2v) is 5.03. The third kappa shape index (κ3) is 4.89. The monoisotopic (exact) mass is 245 g/mol. The molecular formula is C11H23N3O3. The number of ether oxygens (including phenoxy) is 1. The number of aliphatic hydroxyl groups is 1. The largest absolute Gasteiger partial charge is 0.443 e. The van der Waals surface area contributed by atoms with Crippen molar-refractivity contribution in [3.05, 3.63) is 0 Å². The molecule has 0 atom stereocenters.